The molecule has 1 saturated heterocycles. The zero-order valence-electron chi connectivity index (χ0n) is 9.73. The van der Waals surface area contributed by atoms with Gasteiger partial charge in [0, 0.05) is 19.9 Å². The predicted octanol–water partition coefficient (Wildman–Crippen LogP) is 1.12. The fraction of sp³-hybridized carbons (Fsp3) is 0.889. The molecule has 0 aliphatic carbocycles. The smallest absolute Gasteiger partial charge is 0.237 e. The van der Waals surface area contributed by atoms with Crippen LogP contribution in [0.2, 0.25) is 0 Å². The Kier molecular flexibility index (Phi) is 4.41. The molecule has 6 heteroatoms. The van der Waals surface area contributed by atoms with Gasteiger partial charge in [0.25, 0.3) is 0 Å². The van der Waals surface area contributed by atoms with Crippen LogP contribution in [0.15, 0.2) is 0 Å². The number of hydrogen-bond donors (Lipinski definition) is 1. The number of aryl methyl sites for hydroxylation is 1. The topological polar surface area (TPSA) is 46.5 Å². The van der Waals surface area contributed by atoms with Crippen molar-refractivity contribution in [2.45, 2.75) is 19.8 Å². The van der Waals surface area contributed by atoms with E-state index in [1.165, 1.54) is 37.0 Å². The lowest BCUT2D eigenvalue weighted by Gasteiger charge is -2.26. The fourth-order valence-corrected chi connectivity index (χ4v) is 1.74. The maximum atomic E-state index is 4.64. The summed E-state index contributed by atoms with van der Waals surface area (Å²) in [4.78, 5) is 0. The zero-order valence-corrected chi connectivity index (χ0v) is 10.5. The number of aromatic amines is 1. The first kappa shape index (κ1) is 12.3. The van der Waals surface area contributed by atoms with Crippen molar-refractivity contribution < 1.29 is 4.48 Å². The lowest BCUT2D eigenvalue weighted by molar-refractivity contribution is -0.895. The number of tetrazole rings is 1. The number of hydrogen-bond acceptors (Lipinski definition) is 3. The Morgan fingerprint density at radius 3 is 2.27 bits per heavy atom. The van der Waals surface area contributed by atoms with E-state index in [0.29, 0.717) is 4.77 Å². The summed E-state index contributed by atoms with van der Waals surface area (Å²) in [6, 6.07) is 0. The minimum atomic E-state index is 0.472. The molecule has 1 fully saturated rings. The molecule has 0 unspecified atom stereocenters. The van der Waals surface area contributed by atoms with E-state index in [4.69, 9.17) is 0 Å². The lowest BCUT2D eigenvalue weighted by atomic mass is 10.4. The Labute approximate surface area is 95.7 Å². The van der Waals surface area contributed by atoms with E-state index in [1.54, 1.807) is 11.7 Å². The molecule has 1 N–H and O–H groups in total. The first-order valence-corrected chi connectivity index (χ1v) is 5.76. The number of H-pyrrole nitrogens is 1. The van der Waals surface area contributed by atoms with Gasteiger partial charge in [-0.2, -0.15) is 5.21 Å². The van der Waals surface area contributed by atoms with Crippen LogP contribution in [0.5, 0.6) is 0 Å². The quantitative estimate of drug-likeness (QED) is 0.581. The Balaban J connectivity index is 0.000000151. The molecule has 0 amide bonds. The van der Waals surface area contributed by atoms with Gasteiger partial charge in [-0.1, -0.05) is 10.3 Å². The molecule has 5 nitrogen and oxygen atoms in total. The highest BCUT2D eigenvalue weighted by Gasteiger charge is 2.23. The molecule has 2 rings (SSSR count). The number of aromatic nitrogens is 4. The fourth-order valence-electron chi connectivity index (χ4n) is 1.66. The van der Waals surface area contributed by atoms with Crippen LogP contribution in [-0.4, -0.2) is 51.4 Å². The monoisotopic (exact) mass is 230 g/mol. The molecule has 15 heavy (non-hydrogen) atoms. The van der Waals surface area contributed by atoms with Crippen molar-refractivity contribution in [1.29, 1.82) is 0 Å². The van der Waals surface area contributed by atoms with Crippen molar-refractivity contribution in [2.24, 2.45) is 7.05 Å². The Morgan fingerprint density at radius 1 is 1.47 bits per heavy atom. The summed E-state index contributed by atoms with van der Waals surface area (Å²) < 4.78 is 3.34. The van der Waals surface area contributed by atoms with E-state index >= 15 is 0 Å². The molecule has 2 heterocycles. The summed E-state index contributed by atoms with van der Waals surface area (Å²) in [5, 5.41) is 9.41. The second-order valence-corrected chi connectivity index (χ2v) is 4.60. The highest BCUT2D eigenvalue weighted by atomic mass is 32.1. The number of nitrogens with one attached hydrogen (secondary N) is 1. The van der Waals surface area contributed by atoms with Gasteiger partial charge in [0.2, 0.25) is 4.77 Å². The molecule has 0 atom stereocenters. The number of rotatable bonds is 1. The minimum Gasteiger partial charge on any atom is -0.326 e. The second-order valence-electron chi connectivity index (χ2n) is 4.23. The predicted molar refractivity (Wildman–Crippen MR) is 61.9 cm³/mol. The van der Waals surface area contributed by atoms with Gasteiger partial charge in [0.15, 0.2) is 0 Å². The number of nitrogens with zero attached hydrogens (tertiary/aromatic N) is 4. The highest BCUT2D eigenvalue weighted by molar-refractivity contribution is 7.71. The first-order valence-electron chi connectivity index (χ1n) is 5.35. The summed E-state index contributed by atoms with van der Waals surface area (Å²) >= 11 is 4.64. The van der Waals surface area contributed by atoms with E-state index in [0.717, 1.165) is 0 Å². The second kappa shape index (κ2) is 5.37. The zero-order chi connectivity index (χ0) is 11.3. The Hall–Kier alpha value is -0.750. The van der Waals surface area contributed by atoms with Crippen LogP contribution in [0.1, 0.15) is 19.8 Å². The molecule has 1 aliphatic rings. The average molecular weight is 230 g/mol. The van der Waals surface area contributed by atoms with Crippen molar-refractivity contribution >= 4 is 12.2 Å². The molecular weight excluding hydrogens is 210 g/mol. The van der Waals surface area contributed by atoms with Gasteiger partial charge < -0.3 is 4.48 Å². The third kappa shape index (κ3) is 3.71. The van der Waals surface area contributed by atoms with Crippen LogP contribution in [0.3, 0.4) is 0 Å². The van der Waals surface area contributed by atoms with Gasteiger partial charge in [-0.3, -0.25) is 0 Å². The van der Waals surface area contributed by atoms with Crippen molar-refractivity contribution in [3.8, 4) is 0 Å². The van der Waals surface area contributed by atoms with E-state index in [9.17, 15) is 0 Å². The van der Waals surface area contributed by atoms with E-state index < -0.39 is 0 Å². The van der Waals surface area contributed by atoms with E-state index in [2.05, 4.69) is 41.7 Å². The number of likely N-dealkylation sites (tertiary alicyclic amines) is 1. The molecule has 0 spiro atoms. The molecule has 1 aromatic heterocycles. The third-order valence-electron chi connectivity index (χ3n) is 3.03. The van der Waals surface area contributed by atoms with Gasteiger partial charge in [0.05, 0.1) is 26.7 Å². The van der Waals surface area contributed by atoms with Crippen molar-refractivity contribution in [3.05, 3.63) is 4.77 Å². The Morgan fingerprint density at radius 2 is 2.07 bits per heavy atom. The SMILES string of the molecule is CC[N+]1(C)CCCC1.Cn1[nH]nnc1=S. The van der Waals surface area contributed by atoms with Crippen LogP contribution in [0.4, 0.5) is 0 Å². The summed E-state index contributed by atoms with van der Waals surface area (Å²) in [7, 11) is 4.11. The summed E-state index contributed by atoms with van der Waals surface area (Å²) in [5.41, 5.74) is 0. The summed E-state index contributed by atoms with van der Waals surface area (Å²) in [6.45, 7) is 6.43. The van der Waals surface area contributed by atoms with Crippen LogP contribution in [-0.2, 0) is 7.05 Å². The summed E-state index contributed by atoms with van der Waals surface area (Å²) in [6.07, 6.45) is 2.90. The van der Waals surface area contributed by atoms with Crippen molar-refractivity contribution in [1.82, 2.24) is 20.2 Å². The van der Waals surface area contributed by atoms with Gasteiger partial charge >= 0.3 is 0 Å². The maximum Gasteiger partial charge on any atom is 0.237 e. The lowest BCUT2D eigenvalue weighted by Crippen LogP contribution is -2.40. The van der Waals surface area contributed by atoms with Gasteiger partial charge in [-0.15, -0.1) is 0 Å². The Bertz CT molecular complexity index is 336. The van der Waals surface area contributed by atoms with E-state index in [-0.39, 0.29) is 0 Å². The van der Waals surface area contributed by atoms with Crippen molar-refractivity contribution in [2.75, 3.05) is 26.7 Å². The van der Waals surface area contributed by atoms with E-state index in [1.807, 2.05) is 0 Å². The van der Waals surface area contributed by atoms with Crippen molar-refractivity contribution in [3.63, 3.8) is 0 Å². The van der Waals surface area contributed by atoms with Gasteiger partial charge in [0.1, 0.15) is 0 Å². The molecular formula is C9H20N5S+. The van der Waals surface area contributed by atoms with Crippen LogP contribution in [0, 0.1) is 4.77 Å². The molecule has 86 valence electrons. The molecule has 0 bridgehead atoms. The van der Waals surface area contributed by atoms with Gasteiger partial charge in [-0.05, 0) is 19.1 Å². The molecule has 0 aromatic carbocycles. The van der Waals surface area contributed by atoms with Crippen LogP contribution in [0.25, 0.3) is 0 Å². The minimum absolute atomic E-state index is 0.472. The highest BCUT2D eigenvalue weighted by Crippen LogP contribution is 2.14. The number of quaternary nitrogens is 1. The summed E-state index contributed by atoms with van der Waals surface area (Å²) in [5.74, 6) is 0. The molecule has 0 radical (unpaired) electrons. The standard InChI is InChI=1S/C7H16N.C2H4N4S/c1-3-8(2)6-4-5-7-8;1-6-2(7)3-4-5-6/h3-7H2,1-2H3;1H3,(H,3,5,7)/q+1;. The van der Waals surface area contributed by atoms with Crippen LogP contribution < -0.4 is 0 Å². The normalized spacial score (nSPS) is 18.3. The molecule has 1 aliphatic heterocycles. The third-order valence-corrected chi connectivity index (χ3v) is 3.38. The largest absolute Gasteiger partial charge is 0.326 e. The van der Waals surface area contributed by atoms with Gasteiger partial charge in [-0.25, -0.2) is 4.68 Å². The first-order chi connectivity index (χ1) is 7.07. The van der Waals surface area contributed by atoms with Crippen LogP contribution >= 0.6 is 12.2 Å². The average Bonchev–Trinajstić information content (AvgIpc) is 2.80. The molecule has 1 aromatic rings. The molecule has 0 saturated carbocycles. The maximum absolute atomic E-state index is 4.64.